The molecule has 1 heterocycles. The number of alkyl carbamates (subject to hydrolysis) is 1. The molecule has 0 saturated carbocycles. The van der Waals surface area contributed by atoms with Gasteiger partial charge in [-0.1, -0.05) is 30.4 Å². The van der Waals surface area contributed by atoms with E-state index in [4.69, 9.17) is 15.5 Å². The lowest BCUT2D eigenvalue weighted by atomic mass is 9.98. The summed E-state index contributed by atoms with van der Waals surface area (Å²) in [5.41, 5.74) is 8.58. The zero-order chi connectivity index (χ0) is 23.3. The van der Waals surface area contributed by atoms with Gasteiger partial charge in [0.2, 0.25) is 0 Å². The number of hydrogen-bond acceptors (Lipinski definition) is 7. The second-order valence-corrected chi connectivity index (χ2v) is 10.0. The fraction of sp³-hybridized carbons (Fsp3) is 0.364. The standard InChI is InChI=1S/C22H28N4O4S2/c1-22(2,3)30-21(27)25-18(11-14-7-9-17(10-8-14)26-32(28)29)20-24-19(13-31-20)15-5-4-6-16(23)12-15/h4-9,12-13,17-18,26H,10-11,23H2,1-3H3,(H,25,27)(H,28,29)/p-1/t17?,18-/m0/s1. The van der Waals surface area contributed by atoms with Crippen LogP contribution in [0.2, 0.25) is 0 Å². The molecule has 1 aliphatic carbocycles. The van der Waals surface area contributed by atoms with Crippen LogP contribution in [0.1, 0.15) is 44.7 Å². The quantitative estimate of drug-likeness (QED) is 0.410. The van der Waals surface area contributed by atoms with Gasteiger partial charge in [-0.15, -0.1) is 11.3 Å². The van der Waals surface area contributed by atoms with E-state index in [1.54, 1.807) is 6.08 Å². The zero-order valence-electron chi connectivity index (χ0n) is 18.2. The van der Waals surface area contributed by atoms with Crippen molar-refractivity contribution < 1.29 is 18.3 Å². The summed E-state index contributed by atoms with van der Waals surface area (Å²) in [6.07, 6.45) is 6.13. The van der Waals surface area contributed by atoms with E-state index in [2.05, 4.69) is 10.0 Å². The van der Waals surface area contributed by atoms with Crippen LogP contribution in [0.15, 0.2) is 53.4 Å². The third kappa shape index (κ3) is 7.27. The summed E-state index contributed by atoms with van der Waals surface area (Å²) >= 11 is -0.873. The zero-order valence-corrected chi connectivity index (χ0v) is 19.8. The first-order valence-electron chi connectivity index (χ1n) is 10.1. The molecule has 3 rings (SSSR count). The first-order valence-corrected chi connectivity index (χ1v) is 12.1. The number of nitrogens with two attached hydrogens (primary N) is 1. The molecule has 0 bridgehead atoms. The summed E-state index contributed by atoms with van der Waals surface area (Å²) < 4.78 is 29.6. The molecule has 0 aliphatic heterocycles. The highest BCUT2D eigenvalue weighted by molar-refractivity contribution is 7.77. The number of benzene rings is 1. The van der Waals surface area contributed by atoms with Gasteiger partial charge in [0.15, 0.2) is 0 Å². The Morgan fingerprint density at radius 3 is 2.84 bits per heavy atom. The maximum Gasteiger partial charge on any atom is 0.408 e. The van der Waals surface area contributed by atoms with E-state index in [0.29, 0.717) is 18.5 Å². The van der Waals surface area contributed by atoms with Crippen molar-refractivity contribution in [1.29, 1.82) is 0 Å². The van der Waals surface area contributed by atoms with Crippen molar-refractivity contribution in [2.75, 3.05) is 5.73 Å². The van der Waals surface area contributed by atoms with Gasteiger partial charge >= 0.3 is 6.09 Å². The van der Waals surface area contributed by atoms with Crippen molar-refractivity contribution in [3.63, 3.8) is 0 Å². The van der Waals surface area contributed by atoms with Crippen LogP contribution in [-0.4, -0.2) is 31.5 Å². The first kappa shape index (κ1) is 24.1. The van der Waals surface area contributed by atoms with Crippen molar-refractivity contribution in [2.24, 2.45) is 0 Å². The molecule has 10 heteroatoms. The lowest BCUT2D eigenvalue weighted by molar-refractivity contribution is 0.0503. The van der Waals surface area contributed by atoms with Crippen LogP contribution in [0.25, 0.3) is 11.3 Å². The molecule has 2 unspecified atom stereocenters. The van der Waals surface area contributed by atoms with Gasteiger partial charge in [0.25, 0.3) is 0 Å². The highest BCUT2D eigenvalue weighted by Gasteiger charge is 2.24. The number of hydrogen-bond donors (Lipinski definition) is 3. The van der Waals surface area contributed by atoms with Crippen molar-refractivity contribution in [2.45, 2.75) is 51.3 Å². The van der Waals surface area contributed by atoms with Crippen LogP contribution in [0.5, 0.6) is 0 Å². The number of nitrogens with zero attached hydrogens (tertiary/aromatic N) is 1. The second kappa shape index (κ2) is 10.4. The second-order valence-electron chi connectivity index (χ2n) is 8.43. The van der Waals surface area contributed by atoms with E-state index in [1.807, 2.05) is 62.6 Å². The first-order chi connectivity index (χ1) is 15.1. The molecule has 8 nitrogen and oxygen atoms in total. The molecule has 3 atom stereocenters. The Morgan fingerprint density at radius 1 is 1.44 bits per heavy atom. The molecular weight excluding hydrogens is 448 g/mol. The van der Waals surface area contributed by atoms with Crippen LogP contribution in [-0.2, 0) is 16.0 Å². The molecular formula is C22H27N4O4S2-. The van der Waals surface area contributed by atoms with Gasteiger partial charge in [-0.25, -0.2) is 14.5 Å². The average Bonchev–Trinajstić information content (AvgIpc) is 3.17. The Morgan fingerprint density at radius 2 is 2.22 bits per heavy atom. The molecule has 0 radical (unpaired) electrons. The van der Waals surface area contributed by atoms with E-state index < -0.39 is 29.0 Å². The number of carbonyl (C=O) groups excluding carboxylic acids is 1. The largest absolute Gasteiger partial charge is 0.760 e. The van der Waals surface area contributed by atoms with Crippen LogP contribution in [0, 0.1) is 0 Å². The molecule has 0 saturated heterocycles. The smallest absolute Gasteiger partial charge is 0.408 e. The lowest BCUT2D eigenvalue weighted by Gasteiger charge is -2.24. The number of nitrogen functional groups attached to an aromatic ring is 1. The van der Waals surface area contributed by atoms with Crippen molar-refractivity contribution in [3.05, 3.63) is 58.5 Å². The number of thiazole rings is 1. The van der Waals surface area contributed by atoms with E-state index >= 15 is 0 Å². The van der Waals surface area contributed by atoms with Gasteiger partial charge in [0, 0.05) is 33.9 Å². The number of carbonyl (C=O) groups is 1. The Labute approximate surface area is 194 Å². The summed E-state index contributed by atoms with van der Waals surface area (Å²) in [4.78, 5) is 17.2. The van der Waals surface area contributed by atoms with E-state index in [0.717, 1.165) is 21.8 Å². The predicted octanol–water partition coefficient (Wildman–Crippen LogP) is 3.99. The van der Waals surface area contributed by atoms with Gasteiger partial charge in [-0.05, 0) is 51.3 Å². The molecule has 0 spiro atoms. The molecule has 4 N–H and O–H groups in total. The molecule has 0 fully saturated rings. The maximum absolute atomic E-state index is 12.5. The van der Waals surface area contributed by atoms with Crippen molar-refractivity contribution in [1.82, 2.24) is 15.0 Å². The molecule has 2 aromatic rings. The Balaban J connectivity index is 1.79. The SMILES string of the molecule is CC(C)(C)OC(=O)N[C@@H](CC1=CCC(NS(=O)[O-])C=C1)c1nc(-c2cccc(N)c2)cs1. The normalized spacial score (nSPS) is 18.0. The topological polar surface area (TPSA) is 129 Å². The lowest BCUT2D eigenvalue weighted by Crippen LogP contribution is -2.35. The Kier molecular flexibility index (Phi) is 7.83. The van der Waals surface area contributed by atoms with Gasteiger partial charge in [-0.3, -0.25) is 4.21 Å². The van der Waals surface area contributed by atoms with E-state index in [-0.39, 0.29) is 6.04 Å². The third-order valence-electron chi connectivity index (χ3n) is 4.56. The molecule has 1 aliphatic rings. The van der Waals surface area contributed by atoms with Gasteiger partial charge < -0.3 is 20.3 Å². The van der Waals surface area contributed by atoms with Crippen LogP contribution in [0.4, 0.5) is 10.5 Å². The molecule has 1 amide bonds. The number of aromatic nitrogens is 1. The third-order valence-corrected chi connectivity index (χ3v) is 6.01. The summed E-state index contributed by atoms with van der Waals surface area (Å²) in [5.74, 6) is 0. The Bertz CT molecular complexity index is 1040. The number of amides is 1. The average molecular weight is 476 g/mol. The van der Waals surface area contributed by atoms with Crippen LogP contribution < -0.4 is 15.8 Å². The number of anilines is 1. The van der Waals surface area contributed by atoms with Crippen LogP contribution >= 0.6 is 11.3 Å². The number of nitrogens with one attached hydrogen (secondary N) is 2. The van der Waals surface area contributed by atoms with Gasteiger partial charge in [0.05, 0.1) is 11.7 Å². The summed E-state index contributed by atoms with van der Waals surface area (Å²) in [5, 5.41) is 5.60. The summed E-state index contributed by atoms with van der Waals surface area (Å²) in [6, 6.07) is 6.80. The highest BCUT2D eigenvalue weighted by Crippen LogP contribution is 2.31. The monoisotopic (exact) mass is 475 g/mol. The summed E-state index contributed by atoms with van der Waals surface area (Å²) in [7, 11) is 0. The van der Waals surface area contributed by atoms with Crippen molar-refractivity contribution >= 4 is 34.4 Å². The van der Waals surface area contributed by atoms with E-state index in [1.165, 1.54) is 11.3 Å². The number of allylic oxidation sites excluding steroid dienone is 1. The minimum absolute atomic E-state index is 0.274. The molecule has 32 heavy (non-hydrogen) atoms. The maximum atomic E-state index is 12.5. The molecule has 172 valence electrons. The van der Waals surface area contributed by atoms with Gasteiger partial charge in [0.1, 0.15) is 10.6 Å². The Hall–Kier alpha value is -2.53. The van der Waals surface area contributed by atoms with E-state index in [9.17, 15) is 13.6 Å². The fourth-order valence-electron chi connectivity index (χ4n) is 3.19. The van der Waals surface area contributed by atoms with Gasteiger partial charge in [-0.2, -0.15) is 0 Å². The number of rotatable bonds is 7. The number of ether oxygens (including phenoxy) is 1. The molecule has 1 aromatic carbocycles. The van der Waals surface area contributed by atoms with Crippen LogP contribution in [0.3, 0.4) is 0 Å². The van der Waals surface area contributed by atoms with Crippen molar-refractivity contribution in [3.8, 4) is 11.3 Å². The molecule has 1 aromatic heterocycles. The minimum atomic E-state index is -2.32. The highest BCUT2D eigenvalue weighted by atomic mass is 32.2. The minimum Gasteiger partial charge on any atom is -0.760 e. The predicted molar refractivity (Wildman–Crippen MR) is 126 cm³/mol. The summed E-state index contributed by atoms with van der Waals surface area (Å²) in [6.45, 7) is 5.42. The fourth-order valence-corrected chi connectivity index (χ4v) is 4.49.